The van der Waals surface area contributed by atoms with Gasteiger partial charge in [0.1, 0.15) is 11.6 Å². The van der Waals surface area contributed by atoms with Gasteiger partial charge in [-0.25, -0.2) is 8.78 Å². The predicted octanol–water partition coefficient (Wildman–Crippen LogP) is 2.64. The smallest absolute Gasteiger partial charge is 0.129 e. The van der Waals surface area contributed by atoms with Crippen LogP contribution in [0.3, 0.4) is 0 Å². The van der Waals surface area contributed by atoms with Crippen molar-refractivity contribution in [2.75, 3.05) is 0 Å². The van der Waals surface area contributed by atoms with Crippen LogP contribution in [0.4, 0.5) is 8.78 Å². The Bertz CT molecular complexity index is 347. The topological polar surface area (TPSA) is 20.2 Å². The van der Waals surface area contributed by atoms with Gasteiger partial charge in [-0.3, -0.25) is 0 Å². The van der Waals surface area contributed by atoms with Crippen LogP contribution in [0.5, 0.6) is 0 Å². The third-order valence-corrected chi connectivity index (χ3v) is 3.00. The maximum atomic E-state index is 13.2. The Morgan fingerprint density at radius 2 is 1.71 bits per heavy atom. The van der Waals surface area contributed by atoms with Gasteiger partial charge in [0.05, 0.1) is 5.60 Å². The molecular weight excluding hydrogens is 186 g/mol. The van der Waals surface area contributed by atoms with Crippen molar-refractivity contribution in [1.29, 1.82) is 0 Å². The van der Waals surface area contributed by atoms with E-state index < -0.39 is 17.2 Å². The lowest BCUT2D eigenvalue weighted by molar-refractivity contribution is -0.0392. The zero-order valence-electron chi connectivity index (χ0n) is 7.98. The molecule has 1 aliphatic rings. The molecule has 0 saturated heterocycles. The molecule has 1 saturated carbocycles. The van der Waals surface area contributed by atoms with Crippen molar-refractivity contribution in [2.45, 2.75) is 31.8 Å². The lowest BCUT2D eigenvalue weighted by atomic mass is 9.75. The van der Waals surface area contributed by atoms with Gasteiger partial charge in [0, 0.05) is 5.56 Å². The Labute approximate surface area is 81.4 Å². The summed E-state index contributed by atoms with van der Waals surface area (Å²) >= 11 is 0. The van der Waals surface area contributed by atoms with Crippen molar-refractivity contribution < 1.29 is 13.9 Å². The number of hydrogen-bond donors (Lipinski definition) is 1. The fourth-order valence-corrected chi connectivity index (χ4v) is 1.71. The van der Waals surface area contributed by atoms with E-state index in [1.54, 1.807) is 0 Å². The standard InChI is InChI=1S/C11H12F2O/c1-7-9(12)5-8(6-10(7)13)11(14)3-2-4-11/h5-6,14H,2-4H2,1H3. The molecule has 0 atom stereocenters. The Morgan fingerprint density at radius 1 is 1.21 bits per heavy atom. The number of rotatable bonds is 1. The van der Waals surface area contributed by atoms with Crippen LogP contribution in [0.15, 0.2) is 12.1 Å². The molecule has 0 unspecified atom stereocenters. The van der Waals surface area contributed by atoms with Gasteiger partial charge >= 0.3 is 0 Å². The zero-order chi connectivity index (χ0) is 10.3. The van der Waals surface area contributed by atoms with Crippen LogP contribution < -0.4 is 0 Å². The third kappa shape index (κ3) is 1.32. The van der Waals surface area contributed by atoms with Gasteiger partial charge in [-0.15, -0.1) is 0 Å². The molecule has 2 rings (SSSR count). The van der Waals surface area contributed by atoms with Crippen molar-refractivity contribution in [3.63, 3.8) is 0 Å². The van der Waals surface area contributed by atoms with E-state index in [4.69, 9.17) is 0 Å². The quantitative estimate of drug-likeness (QED) is 0.735. The number of benzene rings is 1. The summed E-state index contributed by atoms with van der Waals surface area (Å²) in [5, 5.41) is 9.89. The second kappa shape index (κ2) is 3.02. The highest BCUT2D eigenvalue weighted by atomic mass is 19.1. The Morgan fingerprint density at radius 3 is 2.07 bits per heavy atom. The van der Waals surface area contributed by atoms with E-state index in [0.29, 0.717) is 18.4 Å². The first-order valence-electron chi connectivity index (χ1n) is 4.71. The summed E-state index contributed by atoms with van der Waals surface area (Å²) in [6, 6.07) is 2.47. The van der Waals surface area contributed by atoms with E-state index >= 15 is 0 Å². The van der Waals surface area contributed by atoms with Crippen LogP contribution >= 0.6 is 0 Å². The molecule has 1 aromatic carbocycles. The summed E-state index contributed by atoms with van der Waals surface area (Å²) in [5.74, 6) is -1.17. The highest BCUT2D eigenvalue weighted by Gasteiger charge is 2.37. The van der Waals surface area contributed by atoms with Gasteiger partial charge < -0.3 is 5.11 Å². The normalized spacial score (nSPS) is 19.1. The van der Waals surface area contributed by atoms with Crippen molar-refractivity contribution in [3.05, 3.63) is 34.9 Å². The first-order chi connectivity index (χ1) is 6.53. The highest BCUT2D eigenvalue weighted by Crippen LogP contribution is 2.41. The van der Waals surface area contributed by atoms with Gasteiger partial charge in [0.25, 0.3) is 0 Å². The summed E-state index contributed by atoms with van der Waals surface area (Å²) in [4.78, 5) is 0. The van der Waals surface area contributed by atoms with Gasteiger partial charge in [-0.2, -0.15) is 0 Å². The molecule has 1 fully saturated rings. The zero-order valence-corrected chi connectivity index (χ0v) is 7.98. The predicted molar refractivity (Wildman–Crippen MR) is 48.8 cm³/mol. The largest absolute Gasteiger partial charge is 0.385 e. The van der Waals surface area contributed by atoms with Gasteiger partial charge in [0.2, 0.25) is 0 Å². The molecular formula is C11H12F2O. The van der Waals surface area contributed by atoms with Gasteiger partial charge in [0.15, 0.2) is 0 Å². The number of halogens is 2. The van der Waals surface area contributed by atoms with Crippen LogP contribution in [0.2, 0.25) is 0 Å². The van der Waals surface area contributed by atoms with Crippen LogP contribution in [0.25, 0.3) is 0 Å². The lowest BCUT2D eigenvalue weighted by Crippen LogP contribution is -2.33. The first-order valence-corrected chi connectivity index (χ1v) is 4.71. The Hall–Kier alpha value is -0.960. The van der Waals surface area contributed by atoms with Gasteiger partial charge in [-0.1, -0.05) is 0 Å². The van der Waals surface area contributed by atoms with Crippen LogP contribution in [0.1, 0.15) is 30.4 Å². The van der Waals surface area contributed by atoms with Crippen LogP contribution in [-0.2, 0) is 5.60 Å². The molecule has 0 aromatic heterocycles. The minimum Gasteiger partial charge on any atom is -0.385 e. The average molecular weight is 198 g/mol. The third-order valence-electron chi connectivity index (χ3n) is 3.00. The molecule has 14 heavy (non-hydrogen) atoms. The van der Waals surface area contributed by atoms with E-state index in [1.165, 1.54) is 19.1 Å². The van der Waals surface area contributed by atoms with Crippen LogP contribution in [0, 0.1) is 18.6 Å². The molecule has 1 N–H and O–H groups in total. The Balaban J connectivity index is 2.45. The van der Waals surface area contributed by atoms with Crippen molar-refractivity contribution in [2.24, 2.45) is 0 Å². The highest BCUT2D eigenvalue weighted by molar-refractivity contribution is 5.30. The molecule has 76 valence electrons. The van der Waals surface area contributed by atoms with Crippen molar-refractivity contribution >= 4 is 0 Å². The van der Waals surface area contributed by atoms with E-state index in [0.717, 1.165) is 6.42 Å². The molecule has 0 amide bonds. The number of hydrogen-bond acceptors (Lipinski definition) is 1. The Kier molecular flexibility index (Phi) is 2.07. The van der Waals surface area contributed by atoms with E-state index in [2.05, 4.69) is 0 Å². The molecule has 3 heteroatoms. The molecule has 1 aromatic rings. The summed E-state index contributed by atoms with van der Waals surface area (Å²) in [7, 11) is 0. The van der Waals surface area contributed by atoms with E-state index in [-0.39, 0.29) is 5.56 Å². The van der Waals surface area contributed by atoms with Crippen molar-refractivity contribution in [3.8, 4) is 0 Å². The molecule has 1 nitrogen and oxygen atoms in total. The SMILES string of the molecule is Cc1c(F)cc(C2(O)CCC2)cc1F. The second-order valence-electron chi connectivity index (χ2n) is 3.95. The summed E-state index contributed by atoms with van der Waals surface area (Å²) in [6.07, 6.45) is 2.09. The maximum absolute atomic E-state index is 13.2. The fourth-order valence-electron chi connectivity index (χ4n) is 1.71. The van der Waals surface area contributed by atoms with Crippen molar-refractivity contribution in [1.82, 2.24) is 0 Å². The summed E-state index contributed by atoms with van der Waals surface area (Å²) in [5.41, 5.74) is -0.615. The number of aliphatic hydroxyl groups is 1. The minimum absolute atomic E-state index is 0.0108. The van der Waals surface area contributed by atoms with Crippen LogP contribution in [-0.4, -0.2) is 5.11 Å². The first kappa shape index (κ1) is 9.59. The van der Waals surface area contributed by atoms with Gasteiger partial charge in [-0.05, 0) is 43.9 Å². The maximum Gasteiger partial charge on any atom is 0.129 e. The molecule has 1 aliphatic carbocycles. The minimum atomic E-state index is -0.991. The monoisotopic (exact) mass is 198 g/mol. The second-order valence-corrected chi connectivity index (χ2v) is 3.95. The van der Waals surface area contributed by atoms with E-state index in [9.17, 15) is 13.9 Å². The lowest BCUT2D eigenvalue weighted by Gasteiger charge is -2.37. The molecule has 0 radical (unpaired) electrons. The summed E-state index contributed by atoms with van der Waals surface area (Å²) < 4.78 is 26.4. The molecule has 0 spiro atoms. The van der Waals surface area contributed by atoms with E-state index in [1.807, 2.05) is 0 Å². The molecule has 0 aliphatic heterocycles. The summed E-state index contributed by atoms with van der Waals surface area (Å²) in [6.45, 7) is 1.39. The average Bonchev–Trinajstić information content (AvgIpc) is 2.09. The molecule has 0 heterocycles. The molecule has 0 bridgehead atoms. The fraction of sp³-hybridized carbons (Fsp3) is 0.455.